The third-order valence-electron chi connectivity index (χ3n) is 3.08. The lowest BCUT2D eigenvalue weighted by atomic mass is 9.97. The zero-order chi connectivity index (χ0) is 11.8. The van der Waals surface area contributed by atoms with Crippen molar-refractivity contribution >= 4 is 12.6 Å². The molecule has 0 saturated carbocycles. The Morgan fingerprint density at radius 2 is 1.87 bits per heavy atom. The largest absolute Gasteiger partial charge is 0.383 e. The molecular formula is C12H27NOS. The fourth-order valence-electron chi connectivity index (χ4n) is 1.75. The quantitative estimate of drug-likeness (QED) is 0.647. The first kappa shape index (κ1) is 15.3. The van der Waals surface area contributed by atoms with Crippen molar-refractivity contribution in [3.05, 3.63) is 0 Å². The Labute approximate surface area is 101 Å². The van der Waals surface area contributed by atoms with Gasteiger partial charge in [0.2, 0.25) is 0 Å². The summed E-state index contributed by atoms with van der Waals surface area (Å²) >= 11 is 4.43. The smallest absolute Gasteiger partial charge is 0.0615 e. The van der Waals surface area contributed by atoms with Crippen molar-refractivity contribution in [2.75, 3.05) is 32.6 Å². The van der Waals surface area contributed by atoms with Crippen LogP contribution in [0.15, 0.2) is 0 Å². The van der Waals surface area contributed by atoms with E-state index in [9.17, 15) is 0 Å². The van der Waals surface area contributed by atoms with Gasteiger partial charge < -0.3 is 4.74 Å². The second kappa shape index (κ2) is 8.43. The summed E-state index contributed by atoms with van der Waals surface area (Å²) in [6, 6.07) is 0.501. The first-order valence-electron chi connectivity index (χ1n) is 5.90. The van der Waals surface area contributed by atoms with Crippen LogP contribution in [0.2, 0.25) is 0 Å². The average molecular weight is 233 g/mol. The summed E-state index contributed by atoms with van der Waals surface area (Å²) in [5.41, 5.74) is 0. The van der Waals surface area contributed by atoms with Gasteiger partial charge in [-0.3, -0.25) is 4.90 Å². The van der Waals surface area contributed by atoms with Crippen molar-refractivity contribution in [2.45, 2.75) is 33.7 Å². The number of ether oxygens (including phenoxy) is 1. The van der Waals surface area contributed by atoms with E-state index in [4.69, 9.17) is 4.74 Å². The number of likely N-dealkylation sites (N-methyl/N-ethyl adjacent to an activating group) is 1. The van der Waals surface area contributed by atoms with Crippen LogP contribution in [0.1, 0.15) is 27.7 Å². The predicted octanol–water partition coefficient (Wildman–Crippen LogP) is 2.55. The lowest BCUT2D eigenvalue weighted by molar-refractivity contribution is 0.0885. The third-order valence-corrected chi connectivity index (χ3v) is 3.55. The van der Waals surface area contributed by atoms with Crippen LogP contribution in [-0.4, -0.2) is 43.5 Å². The molecule has 0 N–H and O–H groups in total. The van der Waals surface area contributed by atoms with Gasteiger partial charge in [-0.1, -0.05) is 20.8 Å². The van der Waals surface area contributed by atoms with Gasteiger partial charge in [0.05, 0.1) is 6.61 Å². The second-order valence-corrected chi connectivity index (χ2v) is 4.94. The van der Waals surface area contributed by atoms with Crippen LogP contribution in [0.5, 0.6) is 0 Å². The van der Waals surface area contributed by atoms with Gasteiger partial charge in [0.25, 0.3) is 0 Å². The minimum Gasteiger partial charge on any atom is -0.383 e. The molecule has 0 radical (unpaired) electrons. The van der Waals surface area contributed by atoms with E-state index >= 15 is 0 Å². The highest BCUT2D eigenvalue weighted by Crippen LogP contribution is 2.15. The Bertz CT molecular complexity index is 153. The maximum absolute atomic E-state index is 5.20. The molecular weight excluding hydrogens is 206 g/mol. The molecule has 92 valence electrons. The van der Waals surface area contributed by atoms with Crippen LogP contribution >= 0.6 is 12.6 Å². The SMILES string of the molecule is CCN(CC(CS)C(C)C)C(C)COC. The Morgan fingerprint density at radius 1 is 1.27 bits per heavy atom. The molecule has 2 unspecified atom stereocenters. The van der Waals surface area contributed by atoms with Crippen molar-refractivity contribution in [1.82, 2.24) is 4.90 Å². The van der Waals surface area contributed by atoms with Gasteiger partial charge in [-0.25, -0.2) is 0 Å². The molecule has 0 aliphatic heterocycles. The summed E-state index contributed by atoms with van der Waals surface area (Å²) in [7, 11) is 1.77. The molecule has 2 nitrogen and oxygen atoms in total. The van der Waals surface area contributed by atoms with Crippen LogP contribution in [0.25, 0.3) is 0 Å². The Hall–Kier alpha value is 0.270. The molecule has 2 atom stereocenters. The Kier molecular flexibility index (Phi) is 8.58. The fraction of sp³-hybridized carbons (Fsp3) is 1.00. The Balaban J connectivity index is 4.16. The molecule has 3 heteroatoms. The van der Waals surface area contributed by atoms with E-state index in [0.29, 0.717) is 17.9 Å². The molecule has 0 spiro atoms. The monoisotopic (exact) mass is 233 g/mol. The average Bonchev–Trinajstić information content (AvgIpc) is 2.19. The highest BCUT2D eigenvalue weighted by Gasteiger charge is 2.18. The van der Waals surface area contributed by atoms with Crippen molar-refractivity contribution in [1.29, 1.82) is 0 Å². The number of hydrogen-bond acceptors (Lipinski definition) is 3. The molecule has 0 aliphatic rings. The first-order chi connectivity index (χ1) is 7.06. The maximum atomic E-state index is 5.20. The van der Waals surface area contributed by atoms with Crippen molar-refractivity contribution in [3.8, 4) is 0 Å². The lowest BCUT2D eigenvalue weighted by Gasteiger charge is -2.32. The molecule has 0 rings (SSSR count). The van der Waals surface area contributed by atoms with E-state index in [-0.39, 0.29) is 0 Å². The summed E-state index contributed by atoms with van der Waals surface area (Å²) in [5, 5.41) is 0. The summed E-state index contributed by atoms with van der Waals surface area (Å²) in [5.74, 6) is 2.34. The van der Waals surface area contributed by atoms with Crippen LogP contribution in [0.3, 0.4) is 0 Å². The number of nitrogens with zero attached hydrogens (tertiary/aromatic N) is 1. The molecule has 0 aliphatic carbocycles. The minimum absolute atomic E-state index is 0.501. The van der Waals surface area contributed by atoms with Crippen LogP contribution in [0, 0.1) is 11.8 Å². The molecule has 0 bridgehead atoms. The second-order valence-electron chi connectivity index (χ2n) is 4.58. The third kappa shape index (κ3) is 5.79. The van der Waals surface area contributed by atoms with Crippen LogP contribution in [-0.2, 0) is 4.74 Å². The van der Waals surface area contributed by atoms with Gasteiger partial charge in [-0.15, -0.1) is 0 Å². The highest BCUT2D eigenvalue weighted by atomic mass is 32.1. The van der Waals surface area contributed by atoms with Crippen LogP contribution in [0.4, 0.5) is 0 Å². The summed E-state index contributed by atoms with van der Waals surface area (Å²) < 4.78 is 5.20. The van der Waals surface area contributed by atoms with Gasteiger partial charge in [0, 0.05) is 19.7 Å². The molecule has 0 aromatic rings. The molecule has 0 fully saturated rings. The van der Waals surface area contributed by atoms with Gasteiger partial charge in [-0.05, 0) is 31.1 Å². The summed E-state index contributed by atoms with van der Waals surface area (Å²) in [4.78, 5) is 2.48. The van der Waals surface area contributed by atoms with Crippen molar-refractivity contribution in [2.24, 2.45) is 11.8 Å². The van der Waals surface area contributed by atoms with Gasteiger partial charge in [-0.2, -0.15) is 12.6 Å². The number of hydrogen-bond donors (Lipinski definition) is 1. The number of thiol groups is 1. The lowest BCUT2D eigenvalue weighted by Crippen LogP contribution is -2.41. The van der Waals surface area contributed by atoms with E-state index in [1.165, 1.54) is 0 Å². The molecule has 0 amide bonds. The van der Waals surface area contributed by atoms with Gasteiger partial charge in [0.1, 0.15) is 0 Å². The standard InChI is InChI=1S/C12H27NOS/c1-6-13(11(4)8-14-5)7-12(9-15)10(2)3/h10-12,15H,6-9H2,1-5H3. The summed E-state index contributed by atoms with van der Waals surface area (Å²) in [6.07, 6.45) is 0. The van der Waals surface area contributed by atoms with E-state index in [0.717, 1.165) is 25.4 Å². The first-order valence-corrected chi connectivity index (χ1v) is 6.53. The van der Waals surface area contributed by atoms with E-state index in [1.54, 1.807) is 7.11 Å². The minimum atomic E-state index is 0.501. The predicted molar refractivity (Wildman–Crippen MR) is 70.8 cm³/mol. The molecule has 0 saturated heterocycles. The van der Waals surface area contributed by atoms with E-state index < -0.39 is 0 Å². The molecule has 0 aromatic heterocycles. The van der Waals surface area contributed by atoms with Crippen LogP contribution < -0.4 is 0 Å². The van der Waals surface area contributed by atoms with Crippen molar-refractivity contribution < 1.29 is 4.74 Å². The number of methoxy groups -OCH3 is 1. The van der Waals surface area contributed by atoms with Gasteiger partial charge >= 0.3 is 0 Å². The van der Waals surface area contributed by atoms with E-state index in [2.05, 4.69) is 45.2 Å². The zero-order valence-corrected chi connectivity index (χ0v) is 11.8. The molecule has 0 aromatic carbocycles. The highest BCUT2D eigenvalue weighted by molar-refractivity contribution is 7.80. The topological polar surface area (TPSA) is 12.5 Å². The molecule has 15 heavy (non-hydrogen) atoms. The normalized spacial score (nSPS) is 16.0. The number of rotatable bonds is 8. The zero-order valence-electron chi connectivity index (χ0n) is 10.9. The Morgan fingerprint density at radius 3 is 2.20 bits per heavy atom. The van der Waals surface area contributed by atoms with Gasteiger partial charge in [0.15, 0.2) is 0 Å². The molecule has 0 heterocycles. The summed E-state index contributed by atoms with van der Waals surface area (Å²) in [6.45, 7) is 12.0. The fourth-order valence-corrected chi connectivity index (χ4v) is 2.29. The van der Waals surface area contributed by atoms with E-state index in [1.807, 2.05) is 0 Å². The maximum Gasteiger partial charge on any atom is 0.0615 e. The van der Waals surface area contributed by atoms with Crippen molar-refractivity contribution in [3.63, 3.8) is 0 Å².